The number of halogens is 1. The third kappa shape index (κ3) is 9.29. The van der Waals surface area contributed by atoms with Crippen LogP contribution in [0.15, 0.2) is 54.6 Å². The number of carbonyl (C=O) groups is 5. The van der Waals surface area contributed by atoms with Gasteiger partial charge in [-0.25, -0.2) is 14.6 Å². The zero-order valence-electron chi connectivity index (χ0n) is 22.3. The Morgan fingerprint density at radius 2 is 1.46 bits per heavy atom. The van der Waals surface area contributed by atoms with Gasteiger partial charge in [-0.15, -0.1) is 5.01 Å². The van der Waals surface area contributed by atoms with E-state index in [2.05, 4.69) is 0 Å². The minimum atomic E-state index is -1.45. The molecule has 1 atom stereocenters. The van der Waals surface area contributed by atoms with E-state index in [-0.39, 0.29) is 23.3 Å². The van der Waals surface area contributed by atoms with Gasteiger partial charge in [0.2, 0.25) is 0 Å². The molecule has 0 radical (unpaired) electrons. The summed E-state index contributed by atoms with van der Waals surface area (Å²) < 4.78 is 15.4. The van der Waals surface area contributed by atoms with E-state index in [0.717, 1.165) is 5.01 Å². The Bertz CT molecular complexity index is 1170. The molecule has 0 spiro atoms. The van der Waals surface area contributed by atoms with Crippen molar-refractivity contribution in [3.63, 3.8) is 0 Å². The molecule has 0 saturated heterocycles. The van der Waals surface area contributed by atoms with Gasteiger partial charge in [-0.05, 0) is 63.4 Å². The Balaban J connectivity index is 2.46. The molecule has 2 aromatic rings. The molecular weight excluding hydrogens is 548 g/mol. The Morgan fingerprint density at radius 3 is 2.00 bits per heavy atom. The van der Waals surface area contributed by atoms with Crippen LogP contribution in [0.1, 0.15) is 54.8 Å². The van der Waals surface area contributed by atoms with E-state index in [4.69, 9.17) is 25.8 Å². The lowest BCUT2D eigenvalue weighted by molar-refractivity contribution is -0.175. The molecule has 0 saturated carbocycles. The van der Waals surface area contributed by atoms with Gasteiger partial charge < -0.3 is 14.2 Å². The van der Waals surface area contributed by atoms with Crippen LogP contribution in [-0.4, -0.2) is 70.3 Å². The molecule has 0 aliphatic carbocycles. The molecule has 2 rings (SSSR count). The second kappa shape index (κ2) is 14.5. The molecule has 3 amide bonds. The van der Waals surface area contributed by atoms with Crippen molar-refractivity contribution < 1.29 is 38.2 Å². The number of esters is 2. The number of amides is 3. The summed E-state index contributed by atoms with van der Waals surface area (Å²) in [7, 11) is 0. The molecular formula is C27H31ClN2O8S. The molecule has 39 heavy (non-hydrogen) atoms. The van der Waals surface area contributed by atoms with Crippen molar-refractivity contribution in [1.29, 1.82) is 0 Å². The molecule has 10 nitrogen and oxygen atoms in total. The van der Waals surface area contributed by atoms with E-state index in [1.807, 2.05) is 0 Å². The number of imide groups is 1. The number of thioether (sulfide) groups is 1. The minimum absolute atomic E-state index is 0.00429. The van der Waals surface area contributed by atoms with Gasteiger partial charge >= 0.3 is 18.0 Å². The molecule has 0 bridgehead atoms. The summed E-state index contributed by atoms with van der Waals surface area (Å²) in [5.41, 5.74) is -0.816. The van der Waals surface area contributed by atoms with Gasteiger partial charge in [0.1, 0.15) is 0 Å². The van der Waals surface area contributed by atoms with Gasteiger partial charge in [-0.2, -0.15) is 11.8 Å². The number of hydrazine groups is 1. The average Bonchev–Trinajstić information content (AvgIpc) is 2.89. The fraction of sp³-hybridized carbons (Fsp3) is 0.370. The highest BCUT2D eigenvalue weighted by Crippen LogP contribution is 2.24. The predicted molar refractivity (Wildman–Crippen MR) is 146 cm³/mol. The molecule has 0 aliphatic rings. The zero-order chi connectivity index (χ0) is 29.2. The first kappa shape index (κ1) is 31.6. The summed E-state index contributed by atoms with van der Waals surface area (Å²) in [6, 6.07) is 13.9. The van der Waals surface area contributed by atoms with Gasteiger partial charge in [-0.1, -0.05) is 36.7 Å². The van der Waals surface area contributed by atoms with Gasteiger partial charge in [0, 0.05) is 22.6 Å². The summed E-state index contributed by atoms with van der Waals surface area (Å²) >= 11 is 7.16. The standard InChI is InChI=1S/C27H31ClN2O8S/c1-6-21(31)36-16-22(32)37-23(17-39-5)38-26(35)29(24(33)19-12-14-20(28)15-13-19)30(27(2,3)4)25(34)18-10-8-7-9-11-18/h7-15,23H,6,16-17H2,1-5H3. The van der Waals surface area contributed by atoms with Crippen LogP contribution in [-0.2, 0) is 23.8 Å². The van der Waals surface area contributed by atoms with Crippen LogP contribution in [0.2, 0.25) is 5.02 Å². The van der Waals surface area contributed by atoms with Crippen molar-refractivity contribution >= 4 is 53.2 Å². The summed E-state index contributed by atoms with van der Waals surface area (Å²) in [5.74, 6) is -3.07. The lowest BCUT2D eigenvalue weighted by Gasteiger charge is -2.41. The molecule has 12 heteroatoms. The van der Waals surface area contributed by atoms with Gasteiger partial charge in [0.25, 0.3) is 18.1 Å². The maximum Gasteiger partial charge on any atom is 0.439 e. The van der Waals surface area contributed by atoms with E-state index in [1.165, 1.54) is 36.0 Å². The number of nitrogens with zero attached hydrogens (tertiary/aromatic N) is 2. The number of hydrogen-bond acceptors (Lipinski definition) is 9. The van der Waals surface area contributed by atoms with E-state index in [9.17, 15) is 24.0 Å². The largest absolute Gasteiger partial charge is 0.454 e. The highest BCUT2D eigenvalue weighted by Gasteiger charge is 2.42. The van der Waals surface area contributed by atoms with Crippen LogP contribution in [0.4, 0.5) is 4.79 Å². The maximum atomic E-state index is 13.7. The molecule has 2 aromatic carbocycles. The van der Waals surface area contributed by atoms with E-state index < -0.39 is 48.3 Å². The van der Waals surface area contributed by atoms with Crippen LogP contribution in [0.3, 0.4) is 0 Å². The monoisotopic (exact) mass is 578 g/mol. The van der Waals surface area contributed by atoms with Crippen molar-refractivity contribution in [1.82, 2.24) is 10.0 Å². The van der Waals surface area contributed by atoms with E-state index >= 15 is 0 Å². The first-order chi connectivity index (χ1) is 18.4. The second-order valence-corrected chi connectivity index (χ2v) is 10.4. The summed E-state index contributed by atoms with van der Waals surface area (Å²) in [6.45, 7) is 5.82. The summed E-state index contributed by atoms with van der Waals surface area (Å²) in [5, 5.41) is 1.93. The van der Waals surface area contributed by atoms with Crippen LogP contribution in [0.25, 0.3) is 0 Å². The highest BCUT2D eigenvalue weighted by atomic mass is 35.5. The molecule has 0 fully saturated rings. The lowest BCUT2D eigenvalue weighted by atomic mass is 10.1. The van der Waals surface area contributed by atoms with Crippen LogP contribution in [0, 0.1) is 0 Å². The summed E-state index contributed by atoms with van der Waals surface area (Å²) in [6.07, 6.45) is -0.958. The Labute approximate surface area is 236 Å². The average molecular weight is 579 g/mol. The van der Waals surface area contributed by atoms with Crippen LogP contribution < -0.4 is 0 Å². The van der Waals surface area contributed by atoms with Crippen LogP contribution in [0.5, 0.6) is 0 Å². The Hall–Kier alpha value is -3.57. The quantitative estimate of drug-likeness (QED) is 0.231. The third-order valence-electron chi connectivity index (χ3n) is 4.94. The molecule has 0 N–H and O–H groups in total. The van der Waals surface area contributed by atoms with E-state index in [0.29, 0.717) is 10.0 Å². The van der Waals surface area contributed by atoms with Crippen molar-refractivity contribution in [2.24, 2.45) is 0 Å². The summed E-state index contributed by atoms with van der Waals surface area (Å²) in [4.78, 5) is 64.6. The molecule has 0 aliphatic heterocycles. The first-order valence-corrected chi connectivity index (χ1v) is 13.7. The predicted octanol–water partition coefficient (Wildman–Crippen LogP) is 4.96. The van der Waals surface area contributed by atoms with Gasteiger partial charge in [0.15, 0.2) is 6.61 Å². The fourth-order valence-electron chi connectivity index (χ4n) is 3.18. The second-order valence-electron chi connectivity index (χ2n) is 9.05. The number of benzene rings is 2. The lowest BCUT2D eigenvalue weighted by Crippen LogP contribution is -2.60. The van der Waals surface area contributed by atoms with E-state index in [1.54, 1.807) is 64.3 Å². The fourth-order valence-corrected chi connectivity index (χ4v) is 3.72. The number of carbonyl (C=O) groups excluding carboxylic acids is 5. The Kier molecular flexibility index (Phi) is 11.8. The smallest absolute Gasteiger partial charge is 0.439 e. The topological polar surface area (TPSA) is 120 Å². The zero-order valence-corrected chi connectivity index (χ0v) is 23.9. The van der Waals surface area contributed by atoms with Crippen molar-refractivity contribution in [3.8, 4) is 0 Å². The number of ether oxygens (including phenoxy) is 3. The molecule has 0 heterocycles. The molecule has 0 aromatic heterocycles. The molecule has 210 valence electrons. The van der Waals surface area contributed by atoms with Gasteiger partial charge in [-0.3, -0.25) is 14.4 Å². The third-order valence-corrected chi connectivity index (χ3v) is 5.80. The van der Waals surface area contributed by atoms with Crippen molar-refractivity contribution in [3.05, 3.63) is 70.7 Å². The van der Waals surface area contributed by atoms with Gasteiger partial charge in [0.05, 0.1) is 11.3 Å². The van der Waals surface area contributed by atoms with Crippen molar-refractivity contribution in [2.75, 3.05) is 18.6 Å². The number of rotatable bonds is 9. The normalized spacial score (nSPS) is 11.6. The Morgan fingerprint density at radius 1 is 0.872 bits per heavy atom. The first-order valence-electron chi connectivity index (χ1n) is 11.9. The van der Waals surface area contributed by atoms with Crippen molar-refractivity contribution in [2.45, 2.75) is 45.9 Å². The maximum absolute atomic E-state index is 13.7. The SMILES string of the molecule is CCC(=O)OCC(=O)OC(CSC)OC(=O)N(C(=O)c1ccc(Cl)cc1)N(C(=O)c1ccccc1)C(C)(C)C. The minimum Gasteiger partial charge on any atom is -0.454 e. The van der Waals surface area contributed by atoms with Crippen LogP contribution >= 0.6 is 23.4 Å². The number of hydrogen-bond donors (Lipinski definition) is 0. The highest BCUT2D eigenvalue weighted by molar-refractivity contribution is 7.98. The molecule has 1 unspecified atom stereocenters.